The number of methoxy groups -OCH3 is 2. The van der Waals surface area contributed by atoms with E-state index >= 15 is 0 Å². The molecule has 1 N–H and O–H groups in total. The third-order valence-corrected chi connectivity index (χ3v) is 8.00. The second-order valence-electron chi connectivity index (χ2n) is 7.50. The molecule has 7 nitrogen and oxygen atoms in total. The van der Waals surface area contributed by atoms with E-state index < -0.39 is 10.0 Å². The van der Waals surface area contributed by atoms with Crippen molar-refractivity contribution >= 4 is 43.2 Å². The van der Waals surface area contributed by atoms with Crippen LogP contribution < -0.4 is 19.1 Å². The fourth-order valence-corrected chi connectivity index (χ4v) is 5.74. The first-order valence-electron chi connectivity index (χ1n) is 10.3. The lowest BCUT2D eigenvalue weighted by atomic mass is 10.0. The smallest absolute Gasteiger partial charge is 0.264 e. The SMILES string of the molecule is COc1ccc(S(=O)(=O)N2CCCc3cc(NC(=O)c4cc(OC)ccc4Br)ccc32)cc1. The van der Waals surface area contributed by atoms with E-state index in [1.807, 2.05) is 6.07 Å². The predicted molar refractivity (Wildman–Crippen MR) is 131 cm³/mol. The van der Waals surface area contributed by atoms with E-state index in [0.717, 1.165) is 12.0 Å². The Labute approximate surface area is 201 Å². The maximum Gasteiger partial charge on any atom is 0.264 e. The molecule has 0 radical (unpaired) electrons. The quantitative estimate of drug-likeness (QED) is 0.491. The standard InChI is InChI=1S/C24H23BrN2O5S/c1-31-18-6-9-20(10-7-18)33(29,30)27-13-3-4-16-14-17(5-12-23(16)27)26-24(28)21-15-19(32-2)8-11-22(21)25/h5-12,14-15H,3-4,13H2,1-2H3,(H,26,28). The minimum Gasteiger partial charge on any atom is -0.497 e. The van der Waals surface area contributed by atoms with Crippen LogP contribution in [0.25, 0.3) is 0 Å². The Balaban J connectivity index is 1.60. The van der Waals surface area contributed by atoms with Gasteiger partial charge in [-0.2, -0.15) is 0 Å². The summed E-state index contributed by atoms with van der Waals surface area (Å²) in [6.45, 7) is 0.393. The number of rotatable bonds is 6. The number of carbonyl (C=O) groups is 1. The summed E-state index contributed by atoms with van der Waals surface area (Å²) in [6, 6.07) is 16.8. The third kappa shape index (κ3) is 4.69. The van der Waals surface area contributed by atoms with Crippen molar-refractivity contribution in [2.45, 2.75) is 17.7 Å². The minimum atomic E-state index is -3.72. The third-order valence-electron chi connectivity index (χ3n) is 5.48. The molecule has 0 aromatic heterocycles. The number of ether oxygens (including phenoxy) is 2. The molecule has 0 saturated carbocycles. The molecule has 9 heteroatoms. The van der Waals surface area contributed by atoms with Gasteiger partial charge in [0.2, 0.25) is 0 Å². The summed E-state index contributed by atoms with van der Waals surface area (Å²) in [5.41, 5.74) is 2.52. The van der Waals surface area contributed by atoms with E-state index in [2.05, 4.69) is 21.2 Å². The van der Waals surface area contributed by atoms with Crippen LogP contribution in [0, 0.1) is 0 Å². The van der Waals surface area contributed by atoms with Gasteiger partial charge >= 0.3 is 0 Å². The molecule has 0 saturated heterocycles. The van der Waals surface area contributed by atoms with Crippen LogP contribution in [0.15, 0.2) is 70.0 Å². The van der Waals surface area contributed by atoms with Crippen molar-refractivity contribution in [2.75, 3.05) is 30.4 Å². The zero-order valence-corrected chi connectivity index (χ0v) is 20.6. The molecule has 1 aliphatic heterocycles. The molecule has 1 heterocycles. The molecule has 1 amide bonds. The van der Waals surface area contributed by atoms with E-state index in [9.17, 15) is 13.2 Å². The Bertz CT molecular complexity index is 1290. The Morgan fingerprint density at radius 1 is 0.970 bits per heavy atom. The van der Waals surface area contributed by atoms with Crippen molar-refractivity contribution in [1.29, 1.82) is 0 Å². The van der Waals surface area contributed by atoms with Crippen LogP contribution in [-0.2, 0) is 16.4 Å². The number of hydrogen-bond acceptors (Lipinski definition) is 5. The number of nitrogens with zero attached hydrogens (tertiary/aromatic N) is 1. The lowest BCUT2D eigenvalue weighted by Gasteiger charge is -2.31. The summed E-state index contributed by atoms with van der Waals surface area (Å²) >= 11 is 3.40. The molecule has 33 heavy (non-hydrogen) atoms. The average molecular weight is 531 g/mol. The fourth-order valence-electron chi connectivity index (χ4n) is 3.77. The van der Waals surface area contributed by atoms with Gasteiger partial charge in [0.05, 0.1) is 30.4 Å². The molecule has 0 fully saturated rings. The van der Waals surface area contributed by atoms with E-state index in [-0.39, 0.29) is 10.8 Å². The number of hydrogen-bond donors (Lipinski definition) is 1. The summed E-state index contributed by atoms with van der Waals surface area (Å²) in [7, 11) is -0.645. The van der Waals surface area contributed by atoms with Gasteiger partial charge in [-0.05, 0) is 95.0 Å². The van der Waals surface area contributed by atoms with Crippen molar-refractivity contribution in [3.63, 3.8) is 0 Å². The molecular weight excluding hydrogens is 508 g/mol. The highest BCUT2D eigenvalue weighted by molar-refractivity contribution is 9.10. The van der Waals surface area contributed by atoms with Gasteiger partial charge in [0, 0.05) is 16.7 Å². The van der Waals surface area contributed by atoms with Crippen molar-refractivity contribution in [3.05, 3.63) is 76.3 Å². The number of fused-ring (bicyclic) bond motifs is 1. The lowest BCUT2D eigenvalue weighted by molar-refractivity contribution is 0.102. The van der Waals surface area contributed by atoms with Gasteiger partial charge in [-0.1, -0.05) is 0 Å². The highest BCUT2D eigenvalue weighted by atomic mass is 79.9. The number of benzene rings is 3. The van der Waals surface area contributed by atoms with E-state index in [0.29, 0.717) is 45.9 Å². The van der Waals surface area contributed by atoms with Crippen LogP contribution in [0.1, 0.15) is 22.3 Å². The van der Waals surface area contributed by atoms with Crippen LogP contribution in [-0.4, -0.2) is 35.1 Å². The Kier molecular flexibility index (Phi) is 6.62. The Morgan fingerprint density at radius 3 is 2.36 bits per heavy atom. The molecule has 0 aliphatic carbocycles. The molecule has 4 rings (SSSR count). The predicted octanol–water partition coefficient (Wildman–Crippen LogP) is 4.86. The number of anilines is 2. The maximum absolute atomic E-state index is 13.3. The molecular formula is C24H23BrN2O5S. The van der Waals surface area contributed by atoms with Crippen molar-refractivity contribution in [2.24, 2.45) is 0 Å². The number of nitrogens with one attached hydrogen (secondary N) is 1. The summed E-state index contributed by atoms with van der Waals surface area (Å²) in [4.78, 5) is 13.0. The molecule has 0 unspecified atom stereocenters. The van der Waals surface area contributed by atoms with Gasteiger partial charge in [-0.25, -0.2) is 8.42 Å². The first-order valence-corrected chi connectivity index (χ1v) is 12.5. The van der Waals surface area contributed by atoms with Gasteiger partial charge in [-0.3, -0.25) is 9.10 Å². The van der Waals surface area contributed by atoms with Gasteiger partial charge in [-0.15, -0.1) is 0 Å². The van der Waals surface area contributed by atoms with E-state index in [1.54, 1.807) is 61.7 Å². The highest BCUT2D eigenvalue weighted by Crippen LogP contribution is 2.34. The monoisotopic (exact) mass is 530 g/mol. The van der Waals surface area contributed by atoms with Crippen LogP contribution in [0.2, 0.25) is 0 Å². The second-order valence-corrected chi connectivity index (χ2v) is 10.2. The molecule has 0 spiro atoms. The Hall–Kier alpha value is -3.04. The highest BCUT2D eigenvalue weighted by Gasteiger charge is 2.29. The van der Waals surface area contributed by atoms with Crippen LogP contribution in [0.5, 0.6) is 11.5 Å². The largest absolute Gasteiger partial charge is 0.497 e. The number of carbonyl (C=O) groups excluding carboxylic acids is 1. The topological polar surface area (TPSA) is 84.9 Å². The second kappa shape index (κ2) is 9.44. The van der Waals surface area contributed by atoms with Crippen molar-refractivity contribution in [3.8, 4) is 11.5 Å². The van der Waals surface area contributed by atoms with E-state index in [4.69, 9.17) is 9.47 Å². The lowest BCUT2D eigenvalue weighted by Crippen LogP contribution is -2.35. The summed E-state index contributed by atoms with van der Waals surface area (Å²) in [5, 5.41) is 2.89. The normalized spacial score (nSPS) is 13.2. The van der Waals surface area contributed by atoms with Crippen molar-refractivity contribution < 1.29 is 22.7 Å². The first kappa shape index (κ1) is 23.1. The average Bonchev–Trinajstić information content (AvgIpc) is 2.83. The van der Waals surface area contributed by atoms with Crippen molar-refractivity contribution in [1.82, 2.24) is 0 Å². The molecule has 3 aromatic carbocycles. The number of sulfonamides is 1. The number of amides is 1. The summed E-state index contributed by atoms with van der Waals surface area (Å²) in [5.74, 6) is 0.878. The van der Waals surface area contributed by atoms with Crippen LogP contribution in [0.3, 0.4) is 0 Å². The first-order chi connectivity index (χ1) is 15.8. The van der Waals surface area contributed by atoms with E-state index in [1.165, 1.54) is 11.4 Å². The fraction of sp³-hybridized carbons (Fsp3) is 0.208. The van der Waals surface area contributed by atoms with Gasteiger partial charge in [0.1, 0.15) is 11.5 Å². The molecule has 0 bridgehead atoms. The molecule has 172 valence electrons. The zero-order valence-electron chi connectivity index (χ0n) is 18.2. The molecule has 3 aromatic rings. The zero-order chi connectivity index (χ0) is 23.6. The Morgan fingerprint density at radius 2 is 1.67 bits per heavy atom. The maximum atomic E-state index is 13.3. The van der Waals surface area contributed by atoms with Gasteiger partial charge in [0.25, 0.3) is 15.9 Å². The number of aryl methyl sites for hydroxylation is 1. The van der Waals surface area contributed by atoms with Crippen LogP contribution >= 0.6 is 15.9 Å². The molecule has 0 atom stereocenters. The van der Waals surface area contributed by atoms with Gasteiger partial charge < -0.3 is 14.8 Å². The minimum absolute atomic E-state index is 0.205. The molecule has 1 aliphatic rings. The van der Waals surface area contributed by atoms with Gasteiger partial charge in [0.15, 0.2) is 0 Å². The summed E-state index contributed by atoms with van der Waals surface area (Å²) < 4.78 is 39.0. The van der Waals surface area contributed by atoms with Crippen LogP contribution in [0.4, 0.5) is 11.4 Å². The summed E-state index contributed by atoms with van der Waals surface area (Å²) in [6.07, 6.45) is 1.40. The number of halogens is 1.